The largest absolute Gasteiger partial charge is 0.355 e. The number of carbonyl (C=O) groups excluding carboxylic acids is 1. The van der Waals surface area contributed by atoms with Gasteiger partial charge in [-0.15, -0.1) is 12.4 Å². The number of nitrogens with two attached hydrogens (primary N) is 1. The van der Waals surface area contributed by atoms with Gasteiger partial charge in [-0.05, 0) is 31.0 Å². The summed E-state index contributed by atoms with van der Waals surface area (Å²) < 4.78 is 1.84. The van der Waals surface area contributed by atoms with Crippen LogP contribution < -0.4 is 11.1 Å². The highest BCUT2D eigenvalue weighted by Crippen LogP contribution is 2.08. The van der Waals surface area contributed by atoms with E-state index in [0.717, 1.165) is 17.7 Å². The lowest BCUT2D eigenvalue weighted by Gasteiger charge is -2.14. The molecule has 2 rings (SSSR count). The standard InChI is InChI=1S/C16H22N4O.ClH/c1-12(13(2)17)16(21)18-9-8-14-10-19-20(11-14)15-6-4-3-5-7-15;/h3-7,10-13H,8-9,17H2,1-2H3,(H,18,21);1H. The third-order valence-corrected chi connectivity index (χ3v) is 3.57. The molecule has 0 saturated carbocycles. The molecule has 0 fully saturated rings. The van der Waals surface area contributed by atoms with Gasteiger partial charge in [0, 0.05) is 24.7 Å². The van der Waals surface area contributed by atoms with E-state index >= 15 is 0 Å². The summed E-state index contributed by atoms with van der Waals surface area (Å²) in [4.78, 5) is 11.8. The minimum absolute atomic E-state index is 0. The lowest BCUT2D eigenvalue weighted by atomic mass is 10.0. The second kappa shape index (κ2) is 8.56. The minimum atomic E-state index is -0.169. The zero-order valence-corrected chi connectivity index (χ0v) is 13.7. The first kappa shape index (κ1) is 18.2. The van der Waals surface area contributed by atoms with Gasteiger partial charge in [-0.25, -0.2) is 4.68 Å². The summed E-state index contributed by atoms with van der Waals surface area (Å²) in [5, 5.41) is 7.24. The van der Waals surface area contributed by atoms with E-state index in [-0.39, 0.29) is 30.3 Å². The fourth-order valence-corrected chi connectivity index (χ4v) is 1.94. The van der Waals surface area contributed by atoms with E-state index in [1.807, 2.05) is 61.3 Å². The molecule has 0 bridgehead atoms. The highest BCUT2D eigenvalue weighted by Gasteiger charge is 2.16. The van der Waals surface area contributed by atoms with E-state index in [0.29, 0.717) is 6.54 Å². The third-order valence-electron chi connectivity index (χ3n) is 3.57. The highest BCUT2D eigenvalue weighted by molar-refractivity contribution is 5.85. The summed E-state index contributed by atoms with van der Waals surface area (Å²) in [7, 11) is 0. The van der Waals surface area contributed by atoms with Crippen LogP contribution in [0.1, 0.15) is 19.4 Å². The van der Waals surface area contributed by atoms with Crippen LogP contribution in [-0.2, 0) is 11.2 Å². The summed E-state index contributed by atoms with van der Waals surface area (Å²) in [5.74, 6) is -0.169. The number of nitrogens with one attached hydrogen (secondary N) is 1. The summed E-state index contributed by atoms with van der Waals surface area (Å²) in [6.07, 6.45) is 4.56. The van der Waals surface area contributed by atoms with Gasteiger partial charge >= 0.3 is 0 Å². The topological polar surface area (TPSA) is 72.9 Å². The summed E-state index contributed by atoms with van der Waals surface area (Å²) in [5.41, 5.74) is 7.83. The van der Waals surface area contributed by atoms with Crippen molar-refractivity contribution in [3.63, 3.8) is 0 Å². The average molecular weight is 323 g/mol. The van der Waals surface area contributed by atoms with Crippen LogP contribution in [0.4, 0.5) is 0 Å². The predicted octanol–water partition coefficient (Wildman–Crippen LogP) is 1.94. The molecular formula is C16H23ClN4O. The Kier molecular flexibility index (Phi) is 7.08. The van der Waals surface area contributed by atoms with Crippen LogP contribution in [0.25, 0.3) is 5.69 Å². The van der Waals surface area contributed by atoms with Gasteiger partial charge in [-0.3, -0.25) is 4.79 Å². The number of amides is 1. The molecule has 1 aromatic carbocycles. The van der Waals surface area contributed by atoms with Crippen molar-refractivity contribution in [2.24, 2.45) is 11.7 Å². The van der Waals surface area contributed by atoms with Crippen molar-refractivity contribution >= 4 is 18.3 Å². The molecule has 1 aromatic heterocycles. The zero-order valence-electron chi connectivity index (χ0n) is 12.9. The van der Waals surface area contributed by atoms with Gasteiger partial charge in [0.2, 0.25) is 5.91 Å². The fourth-order valence-electron chi connectivity index (χ4n) is 1.94. The molecule has 1 amide bonds. The summed E-state index contributed by atoms with van der Waals surface area (Å²) in [6.45, 7) is 4.28. The van der Waals surface area contributed by atoms with Crippen molar-refractivity contribution in [2.75, 3.05) is 6.54 Å². The van der Waals surface area contributed by atoms with Crippen molar-refractivity contribution in [3.05, 3.63) is 48.3 Å². The van der Waals surface area contributed by atoms with E-state index < -0.39 is 0 Å². The SMILES string of the molecule is CC(N)C(C)C(=O)NCCc1cnn(-c2ccccc2)c1.Cl. The van der Waals surface area contributed by atoms with Crippen molar-refractivity contribution in [3.8, 4) is 5.69 Å². The van der Waals surface area contributed by atoms with Crippen LogP contribution in [0.5, 0.6) is 0 Å². The van der Waals surface area contributed by atoms with Gasteiger partial charge in [0.15, 0.2) is 0 Å². The van der Waals surface area contributed by atoms with Crippen LogP contribution in [0, 0.1) is 5.92 Å². The van der Waals surface area contributed by atoms with E-state index in [1.165, 1.54) is 0 Å². The number of hydrogen-bond acceptors (Lipinski definition) is 3. The van der Waals surface area contributed by atoms with Crippen molar-refractivity contribution < 1.29 is 4.79 Å². The van der Waals surface area contributed by atoms with Gasteiger partial charge in [0.05, 0.1) is 11.9 Å². The lowest BCUT2D eigenvalue weighted by molar-refractivity contribution is -0.124. The molecule has 2 aromatic rings. The molecule has 0 aliphatic carbocycles. The lowest BCUT2D eigenvalue weighted by Crippen LogP contribution is -2.39. The highest BCUT2D eigenvalue weighted by atomic mass is 35.5. The van der Waals surface area contributed by atoms with E-state index in [1.54, 1.807) is 0 Å². The van der Waals surface area contributed by atoms with E-state index in [4.69, 9.17) is 5.73 Å². The minimum Gasteiger partial charge on any atom is -0.355 e. The average Bonchev–Trinajstić information content (AvgIpc) is 2.96. The molecule has 0 aliphatic rings. The Bertz CT molecular complexity index is 583. The Morgan fingerprint density at radius 1 is 1.32 bits per heavy atom. The van der Waals surface area contributed by atoms with E-state index in [9.17, 15) is 4.79 Å². The van der Waals surface area contributed by atoms with Gasteiger partial charge in [0.1, 0.15) is 0 Å². The molecule has 0 radical (unpaired) electrons. The molecule has 0 spiro atoms. The van der Waals surface area contributed by atoms with E-state index in [2.05, 4.69) is 10.4 Å². The van der Waals surface area contributed by atoms with Crippen LogP contribution in [0.2, 0.25) is 0 Å². The maximum atomic E-state index is 11.8. The Morgan fingerprint density at radius 3 is 2.64 bits per heavy atom. The number of hydrogen-bond donors (Lipinski definition) is 2. The van der Waals surface area contributed by atoms with Crippen LogP contribution in [-0.4, -0.2) is 28.3 Å². The number of benzene rings is 1. The van der Waals surface area contributed by atoms with Crippen LogP contribution in [0.15, 0.2) is 42.7 Å². The summed E-state index contributed by atoms with van der Waals surface area (Å²) in [6, 6.07) is 9.80. The quantitative estimate of drug-likeness (QED) is 0.853. The second-order valence-electron chi connectivity index (χ2n) is 5.32. The maximum Gasteiger partial charge on any atom is 0.224 e. The number of nitrogens with zero attached hydrogens (tertiary/aromatic N) is 2. The molecule has 2 unspecified atom stereocenters. The third kappa shape index (κ3) is 4.86. The Balaban J connectivity index is 0.00000242. The second-order valence-corrected chi connectivity index (χ2v) is 5.32. The number of halogens is 1. The molecule has 120 valence electrons. The zero-order chi connectivity index (χ0) is 15.2. The Labute approximate surface area is 137 Å². The van der Waals surface area contributed by atoms with Crippen molar-refractivity contribution in [1.29, 1.82) is 0 Å². The molecule has 0 saturated heterocycles. The molecular weight excluding hydrogens is 300 g/mol. The molecule has 3 N–H and O–H groups in total. The maximum absolute atomic E-state index is 11.8. The monoisotopic (exact) mass is 322 g/mol. The van der Waals surface area contributed by atoms with Gasteiger partial charge in [-0.1, -0.05) is 25.1 Å². The Hall–Kier alpha value is -1.85. The van der Waals surface area contributed by atoms with Gasteiger partial charge in [0.25, 0.3) is 0 Å². The smallest absolute Gasteiger partial charge is 0.224 e. The first-order valence-corrected chi connectivity index (χ1v) is 7.20. The number of rotatable bonds is 6. The Morgan fingerprint density at radius 2 is 2.00 bits per heavy atom. The van der Waals surface area contributed by atoms with Gasteiger partial charge < -0.3 is 11.1 Å². The molecule has 2 atom stereocenters. The molecule has 5 nitrogen and oxygen atoms in total. The predicted molar refractivity (Wildman–Crippen MR) is 90.3 cm³/mol. The molecule has 0 aliphatic heterocycles. The van der Waals surface area contributed by atoms with Crippen molar-refractivity contribution in [2.45, 2.75) is 26.3 Å². The number of para-hydroxylation sites is 1. The molecule has 1 heterocycles. The number of aromatic nitrogens is 2. The normalized spacial score (nSPS) is 13.0. The van der Waals surface area contributed by atoms with Crippen molar-refractivity contribution in [1.82, 2.24) is 15.1 Å². The fraction of sp³-hybridized carbons (Fsp3) is 0.375. The number of carbonyl (C=O) groups is 1. The molecule has 6 heteroatoms. The van der Waals surface area contributed by atoms with Gasteiger partial charge in [-0.2, -0.15) is 5.10 Å². The molecule has 22 heavy (non-hydrogen) atoms. The van der Waals surface area contributed by atoms with Crippen LogP contribution >= 0.6 is 12.4 Å². The first-order valence-electron chi connectivity index (χ1n) is 7.20. The summed E-state index contributed by atoms with van der Waals surface area (Å²) >= 11 is 0. The first-order chi connectivity index (χ1) is 10.1. The van der Waals surface area contributed by atoms with Crippen LogP contribution in [0.3, 0.4) is 0 Å².